The molecule has 7 heteroatoms. The van der Waals surface area contributed by atoms with Crippen LogP contribution in [0.5, 0.6) is 0 Å². The van der Waals surface area contributed by atoms with Crippen LogP contribution in [0, 0.1) is 0 Å². The zero-order valence-corrected chi connectivity index (χ0v) is 14.3. The van der Waals surface area contributed by atoms with E-state index in [1.807, 2.05) is 18.7 Å². The summed E-state index contributed by atoms with van der Waals surface area (Å²) in [5, 5.41) is 6.09. The van der Waals surface area contributed by atoms with Gasteiger partial charge >= 0.3 is 0 Å². The van der Waals surface area contributed by atoms with Crippen molar-refractivity contribution in [2.45, 2.75) is 38.8 Å². The number of rotatable bonds is 7. The average Bonchev–Trinajstić information content (AvgIpc) is 3.00. The van der Waals surface area contributed by atoms with Crippen molar-refractivity contribution in [3.63, 3.8) is 0 Å². The Hall–Kier alpha value is -1.18. The molecule has 0 aromatic carbocycles. The van der Waals surface area contributed by atoms with Gasteiger partial charge in [0.2, 0.25) is 11.8 Å². The van der Waals surface area contributed by atoms with E-state index < -0.39 is 0 Å². The van der Waals surface area contributed by atoms with E-state index >= 15 is 0 Å². The maximum atomic E-state index is 12.2. The summed E-state index contributed by atoms with van der Waals surface area (Å²) < 4.78 is 5.53. The lowest BCUT2D eigenvalue weighted by atomic mass is 10.2. The normalized spacial score (nSPS) is 22.6. The van der Waals surface area contributed by atoms with E-state index in [4.69, 9.17) is 4.74 Å². The summed E-state index contributed by atoms with van der Waals surface area (Å²) in [6.45, 7) is 9.17. The van der Waals surface area contributed by atoms with Crippen molar-refractivity contribution in [2.75, 3.05) is 52.4 Å². The van der Waals surface area contributed by atoms with E-state index in [0.717, 1.165) is 39.1 Å². The zero-order valence-electron chi connectivity index (χ0n) is 14.3. The summed E-state index contributed by atoms with van der Waals surface area (Å²) in [6.07, 6.45) is 2.46. The summed E-state index contributed by atoms with van der Waals surface area (Å²) in [6, 6.07) is 0.167. The van der Waals surface area contributed by atoms with Crippen molar-refractivity contribution < 1.29 is 14.3 Å². The van der Waals surface area contributed by atoms with Gasteiger partial charge in [0, 0.05) is 45.4 Å². The van der Waals surface area contributed by atoms with Crippen molar-refractivity contribution in [3.05, 3.63) is 0 Å². The molecule has 1 atom stereocenters. The lowest BCUT2D eigenvalue weighted by Crippen LogP contribution is -2.53. The first kappa shape index (κ1) is 18.2. The van der Waals surface area contributed by atoms with E-state index in [2.05, 4.69) is 15.5 Å². The Morgan fingerprint density at radius 2 is 1.96 bits per heavy atom. The molecule has 2 fully saturated rings. The Bertz CT molecular complexity index is 389. The van der Waals surface area contributed by atoms with Crippen LogP contribution in [0.3, 0.4) is 0 Å². The molecule has 2 saturated heterocycles. The first-order valence-corrected chi connectivity index (χ1v) is 8.66. The van der Waals surface area contributed by atoms with Crippen LogP contribution in [-0.4, -0.2) is 86.2 Å². The Morgan fingerprint density at radius 1 is 1.22 bits per heavy atom. The van der Waals surface area contributed by atoms with E-state index in [-0.39, 0.29) is 24.0 Å². The van der Waals surface area contributed by atoms with Gasteiger partial charge in [0.05, 0.1) is 19.2 Å². The standard InChI is InChI=1S/C16H30N4O3/c1-13(2)18-15(21)12-19-5-7-20(8-6-19)16(22)11-17-10-14-4-3-9-23-14/h13-14,17H,3-12H2,1-2H3,(H,18,21). The second-order valence-electron chi connectivity index (χ2n) is 6.65. The molecule has 0 aromatic heterocycles. The van der Waals surface area contributed by atoms with E-state index in [1.165, 1.54) is 0 Å². The molecule has 0 aliphatic carbocycles. The Balaban J connectivity index is 1.59. The predicted molar refractivity (Wildman–Crippen MR) is 88.1 cm³/mol. The maximum Gasteiger partial charge on any atom is 0.236 e. The molecule has 2 rings (SSSR count). The van der Waals surface area contributed by atoms with Gasteiger partial charge in [-0.3, -0.25) is 14.5 Å². The molecule has 2 N–H and O–H groups in total. The van der Waals surface area contributed by atoms with Gasteiger partial charge in [-0.05, 0) is 26.7 Å². The summed E-state index contributed by atoms with van der Waals surface area (Å²) in [4.78, 5) is 27.9. The minimum Gasteiger partial charge on any atom is -0.377 e. The number of carbonyl (C=O) groups is 2. The summed E-state index contributed by atoms with van der Waals surface area (Å²) in [7, 11) is 0. The quantitative estimate of drug-likeness (QED) is 0.655. The lowest BCUT2D eigenvalue weighted by Gasteiger charge is -2.34. The third-order valence-electron chi connectivity index (χ3n) is 4.21. The molecule has 2 amide bonds. The van der Waals surface area contributed by atoms with Crippen molar-refractivity contribution >= 4 is 11.8 Å². The second-order valence-corrected chi connectivity index (χ2v) is 6.65. The SMILES string of the molecule is CC(C)NC(=O)CN1CCN(C(=O)CNCC2CCCO2)CC1. The highest BCUT2D eigenvalue weighted by atomic mass is 16.5. The van der Waals surface area contributed by atoms with Crippen molar-refractivity contribution in [1.82, 2.24) is 20.4 Å². The van der Waals surface area contributed by atoms with E-state index in [0.29, 0.717) is 26.2 Å². The number of nitrogens with zero attached hydrogens (tertiary/aromatic N) is 2. The largest absolute Gasteiger partial charge is 0.377 e. The van der Waals surface area contributed by atoms with Crippen LogP contribution < -0.4 is 10.6 Å². The van der Waals surface area contributed by atoms with Gasteiger partial charge < -0.3 is 20.3 Å². The van der Waals surface area contributed by atoms with E-state index in [9.17, 15) is 9.59 Å². The lowest BCUT2D eigenvalue weighted by molar-refractivity contribution is -0.132. The van der Waals surface area contributed by atoms with Crippen LogP contribution in [0.2, 0.25) is 0 Å². The molecule has 0 radical (unpaired) electrons. The van der Waals surface area contributed by atoms with Gasteiger partial charge in [0.1, 0.15) is 0 Å². The Kier molecular flexibility index (Phi) is 7.26. The Morgan fingerprint density at radius 3 is 2.57 bits per heavy atom. The summed E-state index contributed by atoms with van der Waals surface area (Å²) in [5.74, 6) is 0.187. The zero-order chi connectivity index (χ0) is 16.7. The molecular formula is C16H30N4O3. The number of piperazine rings is 1. The molecule has 2 heterocycles. The summed E-state index contributed by atoms with van der Waals surface area (Å²) in [5.41, 5.74) is 0. The van der Waals surface area contributed by atoms with Crippen LogP contribution in [0.25, 0.3) is 0 Å². The van der Waals surface area contributed by atoms with Gasteiger partial charge in [-0.25, -0.2) is 0 Å². The highest BCUT2D eigenvalue weighted by Gasteiger charge is 2.22. The Labute approximate surface area is 138 Å². The number of amides is 2. The fourth-order valence-electron chi connectivity index (χ4n) is 2.98. The topological polar surface area (TPSA) is 73.9 Å². The molecular weight excluding hydrogens is 296 g/mol. The number of ether oxygens (including phenoxy) is 1. The monoisotopic (exact) mass is 326 g/mol. The van der Waals surface area contributed by atoms with Crippen LogP contribution in [-0.2, 0) is 14.3 Å². The van der Waals surface area contributed by atoms with Gasteiger partial charge in [0.25, 0.3) is 0 Å². The van der Waals surface area contributed by atoms with E-state index in [1.54, 1.807) is 0 Å². The van der Waals surface area contributed by atoms with Gasteiger partial charge in [-0.15, -0.1) is 0 Å². The average molecular weight is 326 g/mol. The van der Waals surface area contributed by atoms with Crippen LogP contribution >= 0.6 is 0 Å². The third kappa shape index (κ3) is 6.45. The molecule has 7 nitrogen and oxygen atoms in total. The molecule has 0 bridgehead atoms. The molecule has 2 aliphatic rings. The van der Waals surface area contributed by atoms with Crippen molar-refractivity contribution in [3.8, 4) is 0 Å². The van der Waals surface area contributed by atoms with Gasteiger partial charge in [-0.2, -0.15) is 0 Å². The molecule has 0 aromatic rings. The first-order valence-electron chi connectivity index (χ1n) is 8.66. The van der Waals surface area contributed by atoms with Crippen LogP contribution in [0.4, 0.5) is 0 Å². The van der Waals surface area contributed by atoms with Crippen molar-refractivity contribution in [2.24, 2.45) is 0 Å². The molecule has 0 saturated carbocycles. The minimum absolute atomic E-state index is 0.0537. The molecule has 0 spiro atoms. The molecule has 132 valence electrons. The number of carbonyl (C=O) groups excluding carboxylic acids is 2. The number of hydrogen-bond acceptors (Lipinski definition) is 5. The number of nitrogens with one attached hydrogen (secondary N) is 2. The first-order chi connectivity index (χ1) is 11.0. The highest BCUT2D eigenvalue weighted by Crippen LogP contribution is 2.10. The van der Waals surface area contributed by atoms with Crippen LogP contribution in [0.1, 0.15) is 26.7 Å². The predicted octanol–water partition coefficient (Wildman–Crippen LogP) is -0.576. The fraction of sp³-hybridized carbons (Fsp3) is 0.875. The fourth-order valence-corrected chi connectivity index (χ4v) is 2.98. The molecule has 1 unspecified atom stereocenters. The third-order valence-corrected chi connectivity index (χ3v) is 4.21. The molecule has 2 aliphatic heterocycles. The highest BCUT2D eigenvalue weighted by molar-refractivity contribution is 5.79. The second kappa shape index (κ2) is 9.20. The van der Waals surface area contributed by atoms with Crippen LogP contribution in [0.15, 0.2) is 0 Å². The maximum absolute atomic E-state index is 12.2. The number of hydrogen-bond donors (Lipinski definition) is 2. The summed E-state index contributed by atoms with van der Waals surface area (Å²) >= 11 is 0. The van der Waals surface area contributed by atoms with Crippen molar-refractivity contribution in [1.29, 1.82) is 0 Å². The minimum atomic E-state index is 0.0537. The smallest absolute Gasteiger partial charge is 0.236 e. The molecule has 23 heavy (non-hydrogen) atoms. The van der Waals surface area contributed by atoms with Gasteiger partial charge in [0.15, 0.2) is 0 Å². The van der Waals surface area contributed by atoms with Gasteiger partial charge in [-0.1, -0.05) is 0 Å².